The number of hydrogen-bond acceptors (Lipinski definition) is 3. The van der Waals surface area contributed by atoms with Crippen molar-refractivity contribution in [2.45, 2.75) is 46.1 Å². The summed E-state index contributed by atoms with van der Waals surface area (Å²) in [5, 5.41) is 12.0. The molecule has 1 heterocycles. The van der Waals surface area contributed by atoms with Crippen LogP contribution in [-0.2, 0) is 14.4 Å². The lowest BCUT2D eigenvalue weighted by molar-refractivity contribution is -0.147. The molecule has 1 saturated heterocycles. The van der Waals surface area contributed by atoms with Gasteiger partial charge in [0.25, 0.3) is 0 Å². The van der Waals surface area contributed by atoms with Crippen molar-refractivity contribution in [1.82, 2.24) is 10.2 Å². The van der Waals surface area contributed by atoms with E-state index in [4.69, 9.17) is 0 Å². The first-order valence-corrected chi connectivity index (χ1v) is 7.16. The molecule has 1 aliphatic heterocycles. The van der Waals surface area contributed by atoms with E-state index in [0.29, 0.717) is 19.4 Å². The Morgan fingerprint density at radius 3 is 2.45 bits per heavy atom. The predicted octanol–water partition coefficient (Wildman–Crippen LogP) is 0.860. The Morgan fingerprint density at radius 2 is 1.95 bits per heavy atom. The van der Waals surface area contributed by atoms with Crippen LogP contribution in [0.4, 0.5) is 0 Å². The normalized spacial score (nSPS) is 22.7. The van der Waals surface area contributed by atoms with Gasteiger partial charge in [0.05, 0.1) is 5.92 Å². The van der Waals surface area contributed by atoms with Crippen LogP contribution in [-0.4, -0.2) is 46.9 Å². The maximum Gasteiger partial charge on any atom is 0.308 e. The van der Waals surface area contributed by atoms with Crippen LogP contribution in [0.25, 0.3) is 0 Å². The zero-order valence-corrected chi connectivity index (χ0v) is 12.4. The van der Waals surface area contributed by atoms with Crippen LogP contribution in [0.15, 0.2) is 0 Å². The maximum atomic E-state index is 12.0. The molecule has 2 N–H and O–H groups in total. The molecule has 2 unspecified atom stereocenters. The fourth-order valence-corrected chi connectivity index (χ4v) is 2.33. The van der Waals surface area contributed by atoms with Gasteiger partial charge in [-0.05, 0) is 12.8 Å². The van der Waals surface area contributed by atoms with Gasteiger partial charge in [0, 0.05) is 31.5 Å². The van der Waals surface area contributed by atoms with E-state index in [1.165, 1.54) is 0 Å². The van der Waals surface area contributed by atoms with Crippen LogP contribution in [0.5, 0.6) is 0 Å². The lowest BCUT2D eigenvalue weighted by atomic mass is 9.93. The summed E-state index contributed by atoms with van der Waals surface area (Å²) in [5.74, 6) is -1.82. The Kier molecular flexibility index (Phi) is 5.98. The molecule has 1 rings (SSSR count). The predicted molar refractivity (Wildman–Crippen MR) is 74.0 cm³/mol. The fraction of sp³-hybridized carbons (Fsp3) is 0.786. The second-order valence-corrected chi connectivity index (χ2v) is 5.68. The number of hydrogen-bond donors (Lipinski definition) is 2. The molecule has 0 aromatic rings. The monoisotopic (exact) mass is 284 g/mol. The van der Waals surface area contributed by atoms with Gasteiger partial charge >= 0.3 is 5.97 Å². The Labute approximate surface area is 119 Å². The minimum atomic E-state index is -0.914. The van der Waals surface area contributed by atoms with Gasteiger partial charge in [-0.1, -0.05) is 20.8 Å². The highest BCUT2D eigenvalue weighted by Crippen LogP contribution is 2.19. The lowest BCUT2D eigenvalue weighted by Crippen LogP contribution is -2.54. The van der Waals surface area contributed by atoms with E-state index in [2.05, 4.69) is 5.32 Å². The number of piperidine rings is 1. The van der Waals surface area contributed by atoms with Gasteiger partial charge in [-0.15, -0.1) is 0 Å². The molecule has 0 aromatic carbocycles. The van der Waals surface area contributed by atoms with E-state index >= 15 is 0 Å². The second-order valence-electron chi connectivity index (χ2n) is 5.68. The average molecular weight is 284 g/mol. The molecule has 1 aliphatic rings. The summed E-state index contributed by atoms with van der Waals surface area (Å²) in [5.41, 5.74) is 0. The number of amides is 2. The molecule has 6 nitrogen and oxygen atoms in total. The van der Waals surface area contributed by atoms with Crippen LogP contribution in [0.1, 0.15) is 40.0 Å². The summed E-state index contributed by atoms with van der Waals surface area (Å²) in [6.45, 7) is 6.12. The molecular weight excluding hydrogens is 260 g/mol. The van der Waals surface area contributed by atoms with E-state index in [0.717, 1.165) is 6.42 Å². The molecule has 0 radical (unpaired) electrons. The smallest absolute Gasteiger partial charge is 0.308 e. The molecule has 0 spiro atoms. The van der Waals surface area contributed by atoms with Gasteiger partial charge in [-0.25, -0.2) is 0 Å². The largest absolute Gasteiger partial charge is 0.481 e. The second kappa shape index (κ2) is 7.26. The summed E-state index contributed by atoms with van der Waals surface area (Å²) in [7, 11) is 0. The highest BCUT2D eigenvalue weighted by Gasteiger charge is 2.34. The molecule has 0 bridgehead atoms. The van der Waals surface area contributed by atoms with E-state index in [9.17, 15) is 19.5 Å². The van der Waals surface area contributed by atoms with Crippen LogP contribution in [0.3, 0.4) is 0 Å². The standard InChI is InChI=1S/C14H24N2O4/c1-4-5-12(17)16-7-10(14(19)20)6-11(8-16)15-13(18)9(2)3/h9-11H,4-8H2,1-3H3,(H,15,18)(H,19,20). The molecule has 6 heteroatoms. The Bertz CT molecular complexity index is 381. The number of likely N-dealkylation sites (tertiary alicyclic amines) is 1. The number of carbonyl (C=O) groups is 3. The third-order valence-corrected chi connectivity index (χ3v) is 3.49. The number of carboxylic acids is 1. The van der Waals surface area contributed by atoms with Crippen molar-refractivity contribution < 1.29 is 19.5 Å². The zero-order valence-electron chi connectivity index (χ0n) is 12.4. The minimum absolute atomic E-state index is 0.0396. The Hall–Kier alpha value is -1.59. The van der Waals surface area contributed by atoms with Crippen LogP contribution < -0.4 is 5.32 Å². The minimum Gasteiger partial charge on any atom is -0.481 e. The van der Waals surface area contributed by atoms with Crippen LogP contribution in [0.2, 0.25) is 0 Å². The summed E-state index contributed by atoms with van der Waals surface area (Å²) in [6.07, 6.45) is 1.52. The third-order valence-electron chi connectivity index (χ3n) is 3.49. The first-order chi connectivity index (χ1) is 9.35. The molecule has 2 atom stereocenters. The molecule has 0 aliphatic carbocycles. The highest BCUT2D eigenvalue weighted by atomic mass is 16.4. The molecule has 114 valence electrons. The molecular formula is C14H24N2O4. The van der Waals surface area contributed by atoms with E-state index in [1.54, 1.807) is 18.7 Å². The van der Waals surface area contributed by atoms with Gasteiger partial charge in [0.1, 0.15) is 0 Å². The quantitative estimate of drug-likeness (QED) is 0.784. The van der Waals surface area contributed by atoms with Gasteiger partial charge in [-0.2, -0.15) is 0 Å². The van der Waals surface area contributed by atoms with Gasteiger partial charge < -0.3 is 15.3 Å². The van der Waals surface area contributed by atoms with Crippen molar-refractivity contribution in [3.8, 4) is 0 Å². The number of aliphatic carboxylic acids is 1. The van der Waals surface area contributed by atoms with Crippen LogP contribution >= 0.6 is 0 Å². The number of carbonyl (C=O) groups excluding carboxylic acids is 2. The Balaban J connectivity index is 2.72. The van der Waals surface area contributed by atoms with Crippen molar-refractivity contribution >= 4 is 17.8 Å². The summed E-state index contributed by atoms with van der Waals surface area (Å²) < 4.78 is 0. The van der Waals surface area contributed by atoms with E-state index in [-0.39, 0.29) is 30.3 Å². The molecule has 20 heavy (non-hydrogen) atoms. The van der Waals surface area contributed by atoms with Gasteiger partial charge in [0.2, 0.25) is 11.8 Å². The number of rotatable bonds is 5. The van der Waals surface area contributed by atoms with E-state index < -0.39 is 11.9 Å². The molecule has 1 fully saturated rings. The van der Waals surface area contributed by atoms with Gasteiger partial charge in [-0.3, -0.25) is 14.4 Å². The summed E-state index contributed by atoms with van der Waals surface area (Å²) >= 11 is 0. The molecule has 2 amide bonds. The number of nitrogens with zero attached hydrogens (tertiary/aromatic N) is 1. The maximum absolute atomic E-state index is 12.0. The third kappa shape index (κ3) is 4.51. The van der Waals surface area contributed by atoms with Gasteiger partial charge in [0.15, 0.2) is 0 Å². The zero-order chi connectivity index (χ0) is 15.3. The van der Waals surface area contributed by atoms with Crippen molar-refractivity contribution in [2.24, 2.45) is 11.8 Å². The first kappa shape index (κ1) is 16.5. The van der Waals surface area contributed by atoms with E-state index in [1.807, 2.05) is 6.92 Å². The molecule has 0 saturated carbocycles. The van der Waals surface area contributed by atoms with Crippen molar-refractivity contribution in [3.05, 3.63) is 0 Å². The highest BCUT2D eigenvalue weighted by molar-refractivity contribution is 5.80. The first-order valence-electron chi connectivity index (χ1n) is 7.16. The molecule has 0 aromatic heterocycles. The van der Waals surface area contributed by atoms with Crippen molar-refractivity contribution in [3.63, 3.8) is 0 Å². The number of carboxylic acid groups (broad SMARTS) is 1. The number of nitrogens with one attached hydrogen (secondary N) is 1. The topological polar surface area (TPSA) is 86.7 Å². The van der Waals surface area contributed by atoms with Crippen molar-refractivity contribution in [1.29, 1.82) is 0 Å². The summed E-state index contributed by atoms with van der Waals surface area (Å²) in [4.78, 5) is 36.4. The summed E-state index contributed by atoms with van der Waals surface area (Å²) in [6, 6.07) is -0.277. The fourth-order valence-electron chi connectivity index (χ4n) is 2.33. The Morgan fingerprint density at radius 1 is 1.30 bits per heavy atom. The van der Waals surface area contributed by atoms with Crippen LogP contribution in [0, 0.1) is 11.8 Å². The SMILES string of the molecule is CCCC(=O)N1CC(NC(=O)C(C)C)CC(C(=O)O)C1. The van der Waals surface area contributed by atoms with Crippen molar-refractivity contribution in [2.75, 3.05) is 13.1 Å². The average Bonchev–Trinajstić information content (AvgIpc) is 2.38. The lowest BCUT2D eigenvalue weighted by Gasteiger charge is -2.36.